The number of carbonyl (C=O) groups is 5. The fraction of sp³-hybridized carbons (Fsp3) is 0.367. The highest BCUT2D eigenvalue weighted by Gasteiger charge is 2.46. The highest BCUT2D eigenvalue weighted by molar-refractivity contribution is 7.86. The summed E-state index contributed by atoms with van der Waals surface area (Å²) in [5, 5.41) is 8.42. The van der Waals surface area contributed by atoms with Gasteiger partial charge in [-0.1, -0.05) is 98.8 Å². The molecule has 7 N–H and O–H groups in total. The van der Waals surface area contributed by atoms with E-state index in [1.54, 1.807) is 92.7 Å². The Kier molecular flexibility index (Phi) is 27.3. The van der Waals surface area contributed by atoms with E-state index in [2.05, 4.69) is 20.5 Å². The highest BCUT2D eigenvalue weighted by Crippen LogP contribution is 2.49. The molecule has 6 aromatic carbocycles. The Hall–Kier alpha value is -9.46. The lowest BCUT2D eigenvalue weighted by Crippen LogP contribution is -2.53. The number of alkyl carbamates (subject to hydrolysis) is 1. The summed E-state index contributed by atoms with van der Waals surface area (Å²) in [6.07, 6.45) is 11.3. The number of carbonyl (C=O) groups excluding carboxylic acids is 5. The molecular weight excluding hydrogens is 1470 g/mol. The van der Waals surface area contributed by atoms with Gasteiger partial charge in [-0.3, -0.25) is 32.6 Å². The number of hydrogen-bond donors (Lipinski definition) is 7. The fourth-order valence-electron chi connectivity index (χ4n) is 13.7. The number of esters is 1. The van der Waals surface area contributed by atoms with Crippen molar-refractivity contribution >= 4 is 87.2 Å². The van der Waals surface area contributed by atoms with Crippen LogP contribution in [0.3, 0.4) is 0 Å². The molecular formula is C79H92N5O20S4+. The highest BCUT2D eigenvalue weighted by atomic mass is 32.2. The van der Waals surface area contributed by atoms with Crippen molar-refractivity contribution in [2.24, 2.45) is 0 Å². The average Bonchev–Trinajstić information content (AvgIpc) is 1.59. The van der Waals surface area contributed by atoms with E-state index in [0.29, 0.717) is 126 Å². The Morgan fingerprint density at radius 2 is 1.24 bits per heavy atom. The van der Waals surface area contributed by atoms with Gasteiger partial charge in [0, 0.05) is 66.9 Å². The molecule has 0 unspecified atom stereocenters. The lowest BCUT2D eigenvalue weighted by atomic mass is 9.81. The van der Waals surface area contributed by atoms with Crippen LogP contribution in [0.25, 0.3) is 0 Å². The van der Waals surface area contributed by atoms with Gasteiger partial charge in [0.05, 0.1) is 37.5 Å². The quantitative estimate of drug-likeness (QED) is 0.00841. The van der Waals surface area contributed by atoms with Crippen molar-refractivity contribution in [2.45, 2.75) is 169 Å². The number of fused-ring (bicyclic) bond motifs is 2. The predicted molar refractivity (Wildman–Crippen MR) is 407 cm³/mol. The van der Waals surface area contributed by atoms with Crippen molar-refractivity contribution in [1.29, 1.82) is 0 Å². The molecule has 6 aromatic rings. The summed E-state index contributed by atoms with van der Waals surface area (Å²) in [7, 11) is -18.1. The van der Waals surface area contributed by atoms with Gasteiger partial charge in [0.2, 0.25) is 17.5 Å². The molecule has 2 heterocycles. The number of ether oxygens (including phenoxy) is 3. The molecule has 0 bridgehead atoms. The third-order valence-corrected chi connectivity index (χ3v) is 22.8. The summed E-state index contributed by atoms with van der Waals surface area (Å²) in [5.41, 5.74) is 6.58. The van der Waals surface area contributed by atoms with Crippen molar-refractivity contribution in [1.82, 2.24) is 16.0 Å². The molecule has 3 amide bonds. The first kappa shape index (κ1) is 82.6. The van der Waals surface area contributed by atoms with Crippen LogP contribution in [0.1, 0.15) is 148 Å². The second-order valence-corrected chi connectivity index (χ2v) is 33.9. The van der Waals surface area contributed by atoms with Gasteiger partial charge in [-0.15, -0.1) is 0 Å². The van der Waals surface area contributed by atoms with Crippen LogP contribution in [0.4, 0.5) is 16.2 Å². The maximum atomic E-state index is 14.2. The van der Waals surface area contributed by atoms with E-state index < -0.39 is 99.5 Å². The number of rotatable bonds is 35. The number of amides is 3. The number of anilines is 1. The van der Waals surface area contributed by atoms with Crippen LogP contribution >= 0.6 is 0 Å². The molecule has 108 heavy (non-hydrogen) atoms. The second-order valence-electron chi connectivity index (χ2n) is 28.0. The van der Waals surface area contributed by atoms with Crippen LogP contribution in [0.2, 0.25) is 0 Å². The number of unbranched alkanes of at least 4 members (excludes halogenated alkanes) is 4. The summed E-state index contributed by atoms with van der Waals surface area (Å²) >= 11 is 0. The number of aryl methyl sites for hydroxylation is 2. The van der Waals surface area contributed by atoms with E-state index in [0.717, 1.165) is 16.8 Å². The van der Waals surface area contributed by atoms with E-state index in [4.69, 9.17) is 14.2 Å². The number of allylic oxidation sites excluding steroid dienone is 7. The third kappa shape index (κ3) is 21.9. The van der Waals surface area contributed by atoms with Gasteiger partial charge < -0.3 is 35.1 Å². The van der Waals surface area contributed by atoms with Crippen molar-refractivity contribution in [3.63, 3.8) is 0 Å². The minimum atomic E-state index is -4.64. The molecule has 0 saturated heterocycles. The molecule has 1 aliphatic carbocycles. The second kappa shape index (κ2) is 35.7. The zero-order valence-corrected chi connectivity index (χ0v) is 64.3. The monoisotopic (exact) mass is 1560 g/mol. The molecule has 576 valence electrons. The molecule has 9 rings (SSSR count). The number of Topliss-reactive ketones (excluding diaryl/α,β-unsaturated/α-hetero) is 1. The smallest absolute Gasteiger partial charge is 0.408 e. The summed E-state index contributed by atoms with van der Waals surface area (Å²) < 4.78 is 157. The first-order valence-electron chi connectivity index (χ1n) is 35.5. The minimum absolute atomic E-state index is 0.0542. The van der Waals surface area contributed by atoms with Crippen molar-refractivity contribution in [3.05, 3.63) is 225 Å². The van der Waals surface area contributed by atoms with Crippen molar-refractivity contribution in [2.75, 3.05) is 36.9 Å². The van der Waals surface area contributed by atoms with Gasteiger partial charge in [-0.2, -0.15) is 38.2 Å². The van der Waals surface area contributed by atoms with Crippen LogP contribution < -0.4 is 25.6 Å². The van der Waals surface area contributed by atoms with Gasteiger partial charge in [0.15, 0.2) is 18.1 Å². The largest absolute Gasteiger partial charge is 0.457 e. The van der Waals surface area contributed by atoms with Crippen LogP contribution in [0, 0.1) is 13.8 Å². The SMILES string of the molecule is Cc1cccc(C)c1C(=O)OCC(=O)[C@H](CCCCNC(=O)CCCCC[N+]1=C(/C=C/C2=C(Oc3ccc(S(=O)(=O)O)cc3)C(=C/C=C3/N(CCCCS(=O)(=O)O)c4ccc(S(=O)(=O)O)cc4C3(C)C)/CCC2)C(C)(C)c2cc(S(=O)(=O)O)ccc21)NC(=O)[C@H](Cc1ccccc1)NC(=O)OCc1ccccc1. The van der Waals surface area contributed by atoms with E-state index in [1.165, 1.54) is 48.5 Å². The molecule has 3 aliphatic rings. The van der Waals surface area contributed by atoms with Gasteiger partial charge in [0.1, 0.15) is 30.7 Å². The van der Waals surface area contributed by atoms with Gasteiger partial charge >= 0.3 is 12.1 Å². The van der Waals surface area contributed by atoms with E-state index in [-0.39, 0.29) is 71.7 Å². The van der Waals surface area contributed by atoms with E-state index in [9.17, 15) is 75.9 Å². The number of benzene rings is 6. The van der Waals surface area contributed by atoms with Crippen molar-refractivity contribution < 1.29 is 94.6 Å². The lowest BCUT2D eigenvalue weighted by Gasteiger charge is -2.27. The maximum absolute atomic E-state index is 14.2. The minimum Gasteiger partial charge on any atom is -0.457 e. The number of ketones is 1. The summed E-state index contributed by atoms with van der Waals surface area (Å²) in [6.45, 7) is 11.3. The number of hydrogen-bond acceptors (Lipinski definition) is 17. The molecule has 0 radical (unpaired) electrons. The number of nitrogens with zero attached hydrogens (tertiary/aromatic N) is 2. The standard InChI is InChI=1S/C79H91N5O20S4/c1-53-22-20-23-54(2)73(53)76(88)102-52-69(85)65(81-75(87)66(48-55-24-10-7-11-25-55)82-77(89)103-51-56-26-12-8-13-27-56)30-15-16-44-80-72(86)31-14-9-17-45-83-67-40-38-61(107(96,97)98)49-63(67)78(3,4)70(83)42-32-57-28-21-29-58(74(57)104-59-34-36-60(37-35-59)106(93,94)95)33-43-71-79(5,6)64-50-62(108(99,100)101)39-41-68(64)84(71)46-18-19-47-105(90,91)92/h7-8,10-13,20,22-27,32-43,49-50,65-66H,9,14-19,21,28-31,44-48,51-52H2,1-6H3,(H6-,80,81,82,86,87,89,90,91,92,93,94,95,96,97,98,99,100,101)/p+1/t65-,66-/m0/s1. The summed E-state index contributed by atoms with van der Waals surface area (Å²) in [5.74, 6) is -2.05. The Bertz CT molecular complexity index is 4980. The first-order valence-corrected chi connectivity index (χ1v) is 41.5. The molecule has 0 saturated carbocycles. The van der Waals surface area contributed by atoms with Crippen molar-refractivity contribution in [3.8, 4) is 5.75 Å². The molecule has 0 aromatic heterocycles. The topological polar surface area (TPSA) is 373 Å². The number of nitrogens with one attached hydrogen (secondary N) is 3. The first-order chi connectivity index (χ1) is 51.0. The van der Waals surface area contributed by atoms with Crippen LogP contribution in [0.15, 0.2) is 201 Å². The Balaban J connectivity index is 0.908. The molecule has 2 atom stereocenters. The van der Waals surface area contributed by atoms with Gasteiger partial charge in [-0.25, -0.2) is 9.59 Å². The molecule has 2 aliphatic heterocycles. The zero-order chi connectivity index (χ0) is 78.4. The lowest BCUT2D eigenvalue weighted by molar-refractivity contribution is -0.438. The van der Waals surface area contributed by atoms with Crippen LogP contribution in [0.5, 0.6) is 5.75 Å². The normalized spacial score (nSPS) is 16.3. The molecule has 25 nitrogen and oxygen atoms in total. The Morgan fingerprint density at radius 3 is 1.89 bits per heavy atom. The average molecular weight is 1560 g/mol. The van der Waals surface area contributed by atoms with Crippen LogP contribution in [-0.2, 0) is 88.2 Å². The van der Waals surface area contributed by atoms with Gasteiger partial charge in [0.25, 0.3) is 40.5 Å². The summed E-state index contributed by atoms with van der Waals surface area (Å²) in [6, 6.07) is 34.8. The molecule has 0 spiro atoms. The predicted octanol–water partition coefficient (Wildman–Crippen LogP) is 12.1. The van der Waals surface area contributed by atoms with Crippen LogP contribution in [-0.4, -0.2) is 136 Å². The third-order valence-electron chi connectivity index (χ3n) is 19.4. The Labute approximate surface area is 631 Å². The summed E-state index contributed by atoms with van der Waals surface area (Å²) in [4.78, 5) is 69.2. The van der Waals surface area contributed by atoms with Gasteiger partial charge in [-0.05, 0) is 198 Å². The van der Waals surface area contributed by atoms with E-state index in [1.807, 2.05) is 69.0 Å². The molecule has 29 heteroatoms. The Morgan fingerprint density at radius 1 is 0.611 bits per heavy atom. The molecule has 0 fully saturated rings. The maximum Gasteiger partial charge on any atom is 0.408 e. The fourth-order valence-corrected chi connectivity index (χ4v) is 15.8. The van der Waals surface area contributed by atoms with E-state index >= 15 is 0 Å². The zero-order valence-electron chi connectivity index (χ0n) is 61.0.